The van der Waals surface area contributed by atoms with Gasteiger partial charge >= 0.3 is 5.97 Å². The number of carboxylic acids is 1. The average molecular weight is 261 g/mol. The van der Waals surface area contributed by atoms with Crippen molar-refractivity contribution in [2.75, 3.05) is 7.05 Å². The van der Waals surface area contributed by atoms with Gasteiger partial charge in [-0.3, -0.25) is 9.69 Å². The number of benzene rings is 1. The highest BCUT2D eigenvalue weighted by atomic mass is 16.4. The quantitative estimate of drug-likeness (QED) is 0.904. The van der Waals surface area contributed by atoms with Gasteiger partial charge in [0, 0.05) is 12.1 Å². The summed E-state index contributed by atoms with van der Waals surface area (Å²) < 4.78 is 0. The third-order valence-corrected chi connectivity index (χ3v) is 4.51. The molecule has 1 fully saturated rings. The van der Waals surface area contributed by atoms with Crippen LogP contribution in [0.25, 0.3) is 0 Å². The Kier molecular flexibility index (Phi) is 4.59. The second kappa shape index (κ2) is 6.20. The summed E-state index contributed by atoms with van der Waals surface area (Å²) in [4.78, 5) is 13.4. The number of aliphatic carboxylic acids is 1. The zero-order valence-electron chi connectivity index (χ0n) is 11.7. The molecule has 0 spiro atoms. The van der Waals surface area contributed by atoms with Crippen molar-refractivity contribution in [3.8, 4) is 0 Å². The molecule has 0 amide bonds. The summed E-state index contributed by atoms with van der Waals surface area (Å²) in [6.07, 6.45) is 3.60. The van der Waals surface area contributed by atoms with Crippen LogP contribution in [-0.2, 0) is 4.79 Å². The maximum atomic E-state index is 11.0. The molecule has 1 atom stereocenters. The van der Waals surface area contributed by atoms with Crippen molar-refractivity contribution < 1.29 is 9.90 Å². The van der Waals surface area contributed by atoms with Crippen LogP contribution in [0, 0.1) is 5.92 Å². The number of nitrogens with zero attached hydrogens (tertiary/aromatic N) is 1. The van der Waals surface area contributed by atoms with Crippen molar-refractivity contribution in [3.05, 3.63) is 35.9 Å². The first-order valence-electron chi connectivity index (χ1n) is 7.09. The van der Waals surface area contributed by atoms with Gasteiger partial charge in [-0.05, 0) is 45.2 Å². The van der Waals surface area contributed by atoms with Crippen molar-refractivity contribution in [1.29, 1.82) is 0 Å². The lowest BCUT2D eigenvalue weighted by molar-refractivity contribution is -0.143. The highest BCUT2D eigenvalue weighted by Crippen LogP contribution is 2.31. The van der Waals surface area contributed by atoms with Gasteiger partial charge in [-0.25, -0.2) is 0 Å². The Morgan fingerprint density at radius 2 is 1.79 bits per heavy atom. The molecule has 1 aromatic rings. The van der Waals surface area contributed by atoms with E-state index in [1.165, 1.54) is 5.56 Å². The minimum absolute atomic E-state index is 0.128. The van der Waals surface area contributed by atoms with E-state index in [2.05, 4.69) is 43.1 Å². The normalized spacial score (nSPS) is 25.2. The Morgan fingerprint density at radius 1 is 1.21 bits per heavy atom. The fraction of sp³-hybridized carbons (Fsp3) is 0.562. The molecule has 1 aromatic carbocycles. The first-order valence-corrected chi connectivity index (χ1v) is 7.09. The molecule has 0 bridgehead atoms. The van der Waals surface area contributed by atoms with E-state index < -0.39 is 5.97 Å². The van der Waals surface area contributed by atoms with Crippen LogP contribution in [0.5, 0.6) is 0 Å². The largest absolute Gasteiger partial charge is 0.481 e. The molecular formula is C16H23NO2. The molecule has 1 saturated carbocycles. The predicted octanol–water partition coefficient (Wildman–Crippen LogP) is 3.32. The number of rotatable bonds is 4. The molecule has 0 saturated heterocycles. The van der Waals surface area contributed by atoms with Crippen molar-refractivity contribution in [2.45, 2.75) is 44.7 Å². The number of carboxylic acid groups (broad SMARTS) is 1. The van der Waals surface area contributed by atoms with Crippen molar-refractivity contribution in [3.63, 3.8) is 0 Å². The molecule has 1 unspecified atom stereocenters. The standard InChI is InChI=1S/C16H23NO2/c1-12(13-6-4-3-5-7-13)17(2)15-10-8-14(9-11-15)16(18)19/h3-7,12,14-15H,8-11H2,1-2H3,(H,18,19). The third-order valence-electron chi connectivity index (χ3n) is 4.51. The molecule has 0 aromatic heterocycles. The van der Waals surface area contributed by atoms with Crippen LogP contribution < -0.4 is 0 Å². The van der Waals surface area contributed by atoms with E-state index in [4.69, 9.17) is 5.11 Å². The molecule has 3 nitrogen and oxygen atoms in total. The highest BCUT2D eigenvalue weighted by Gasteiger charge is 2.29. The summed E-state index contributed by atoms with van der Waals surface area (Å²) >= 11 is 0. The van der Waals surface area contributed by atoms with Gasteiger partial charge in [0.1, 0.15) is 0 Å². The van der Waals surface area contributed by atoms with Gasteiger partial charge < -0.3 is 5.11 Å². The zero-order chi connectivity index (χ0) is 13.8. The first kappa shape index (κ1) is 14.1. The first-order chi connectivity index (χ1) is 9.09. The minimum Gasteiger partial charge on any atom is -0.481 e. The van der Waals surface area contributed by atoms with Gasteiger partial charge in [0.2, 0.25) is 0 Å². The molecule has 0 heterocycles. The van der Waals surface area contributed by atoms with E-state index in [0.29, 0.717) is 12.1 Å². The SMILES string of the molecule is CC(c1ccccc1)N(C)C1CCC(C(=O)O)CC1. The number of hydrogen-bond acceptors (Lipinski definition) is 2. The maximum absolute atomic E-state index is 11.0. The van der Waals surface area contributed by atoms with Crippen LogP contribution in [0.15, 0.2) is 30.3 Å². The Bertz CT molecular complexity index is 410. The van der Waals surface area contributed by atoms with E-state index >= 15 is 0 Å². The van der Waals surface area contributed by atoms with Gasteiger partial charge in [-0.15, -0.1) is 0 Å². The Morgan fingerprint density at radius 3 is 2.32 bits per heavy atom. The molecule has 2 rings (SSSR count). The zero-order valence-corrected chi connectivity index (χ0v) is 11.7. The van der Waals surface area contributed by atoms with Crippen molar-refractivity contribution in [1.82, 2.24) is 4.90 Å². The molecule has 104 valence electrons. The molecule has 3 heteroatoms. The van der Waals surface area contributed by atoms with Crippen LogP contribution in [-0.4, -0.2) is 29.1 Å². The Balaban J connectivity index is 1.94. The van der Waals surface area contributed by atoms with Crippen LogP contribution >= 0.6 is 0 Å². The summed E-state index contributed by atoms with van der Waals surface area (Å²) in [6, 6.07) is 11.4. The van der Waals surface area contributed by atoms with Gasteiger partial charge in [0.25, 0.3) is 0 Å². The van der Waals surface area contributed by atoms with Gasteiger partial charge in [-0.2, -0.15) is 0 Å². The van der Waals surface area contributed by atoms with E-state index in [-0.39, 0.29) is 5.92 Å². The third kappa shape index (κ3) is 3.35. The van der Waals surface area contributed by atoms with Crippen molar-refractivity contribution >= 4 is 5.97 Å². The second-order valence-corrected chi connectivity index (χ2v) is 5.60. The van der Waals surface area contributed by atoms with Gasteiger partial charge in [0.15, 0.2) is 0 Å². The van der Waals surface area contributed by atoms with Crippen LogP contribution in [0.3, 0.4) is 0 Å². The van der Waals surface area contributed by atoms with Crippen LogP contribution in [0.1, 0.15) is 44.2 Å². The average Bonchev–Trinajstić information content (AvgIpc) is 2.46. The molecular weight excluding hydrogens is 238 g/mol. The highest BCUT2D eigenvalue weighted by molar-refractivity contribution is 5.70. The van der Waals surface area contributed by atoms with Crippen LogP contribution in [0.2, 0.25) is 0 Å². The molecule has 0 aliphatic heterocycles. The molecule has 1 aliphatic carbocycles. The summed E-state index contributed by atoms with van der Waals surface area (Å²) in [6.45, 7) is 2.22. The van der Waals surface area contributed by atoms with E-state index in [1.807, 2.05) is 6.07 Å². The summed E-state index contributed by atoms with van der Waals surface area (Å²) in [5, 5.41) is 9.04. The minimum atomic E-state index is -0.628. The summed E-state index contributed by atoms with van der Waals surface area (Å²) in [5.41, 5.74) is 1.32. The fourth-order valence-electron chi connectivity index (χ4n) is 3.01. The lowest BCUT2D eigenvalue weighted by Crippen LogP contribution is -2.38. The fourth-order valence-corrected chi connectivity index (χ4v) is 3.01. The van der Waals surface area contributed by atoms with Crippen LogP contribution in [0.4, 0.5) is 0 Å². The van der Waals surface area contributed by atoms with Gasteiger partial charge in [-0.1, -0.05) is 30.3 Å². The summed E-state index contributed by atoms with van der Waals surface area (Å²) in [7, 11) is 2.16. The topological polar surface area (TPSA) is 40.5 Å². The number of hydrogen-bond donors (Lipinski definition) is 1. The van der Waals surface area contributed by atoms with E-state index in [0.717, 1.165) is 25.7 Å². The summed E-state index contributed by atoms with van der Waals surface area (Å²) in [5.74, 6) is -0.756. The lowest BCUT2D eigenvalue weighted by Gasteiger charge is -2.37. The maximum Gasteiger partial charge on any atom is 0.306 e. The van der Waals surface area contributed by atoms with E-state index in [1.54, 1.807) is 0 Å². The molecule has 19 heavy (non-hydrogen) atoms. The second-order valence-electron chi connectivity index (χ2n) is 5.60. The number of carbonyl (C=O) groups is 1. The van der Waals surface area contributed by atoms with Gasteiger partial charge in [0.05, 0.1) is 5.92 Å². The Labute approximate surface area is 115 Å². The van der Waals surface area contributed by atoms with Crippen molar-refractivity contribution in [2.24, 2.45) is 5.92 Å². The molecule has 1 aliphatic rings. The monoisotopic (exact) mass is 261 g/mol. The smallest absolute Gasteiger partial charge is 0.306 e. The predicted molar refractivity (Wildman–Crippen MR) is 76.0 cm³/mol. The lowest BCUT2D eigenvalue weighted by atomic mass is 9.85. The van der Waals surface area contributed by atoms with E-state index in [9.17, 15) is 4.79 Å². The Hall–Kier alpha value is -1.35. The molecule has 1 N–H and O–H groups in total. The molecule has 0 radical (unpaired) electrons.